The van der Waals surface area contributed by atoms with Crippen molar-refractivity contribution < 1.29 is 23.9 Å². The van der Waals surface area contributed by atoms with E-state index in [0.717, 1.165) is 44.0 Å². The predicted molar refractivity (Wildman–Crippen MR) is 150 cm³/mol. The fraction of sp³-hybridized carbons (Fsp3) is 0.400. The van der Waals surface area contributed by atoms with E-state index in [4.69, 9.17) is 9.47 Å². The molecular formula is C25H31B4N3O5. The van der Waals surface area contributed by atoms with E-state index in [1.807, 2.05) is 29.6 Å². The van der Waals surface area contributed by atoms with E-state index in [1.165, 1.54) is 5.56 Å². The summed E-state index contributed by atoms with van der Waals surface area (Å²) in [6, 6.07) is 13.8. The first-order chi connectivity index (χ1) is 17.6. The molecule has 0 saturated carbocycles. The fourth-order valence-corrected chi connectivity index (χ4v) is 5.58. The predicted octanol–water partition coefficient (Wildman–Crippen LogP) is -2.16. The van der Waals surface area contributed by atoms with Crippen molar-refractivity contribution in [3.05, 3.63) is 64.7 Å². The second-order valence-electron chi connectivity index (χ2n) is 11.0. The molecule has 0 bridgehead atoms. The van der Waals surface area contributed by atoms with Crippen LogP contribution in [0.2, 0.25) is 11.0 Å². The van der Waals surface area contributed by atoms with Crippen molar-refractivity contribution in [3.8, 4) is 5.75 Å². The molecule has 2 aromatic carbocycles. The van der Waals surface area contributed by atoms with Gasteiger partial charge in [-0.15, -0.1) is 0 Å². The number of amides is 3. The highest BCUT2D eigenvalue weighted by Gasteiger charge is 2.58. The Kier molecular flexibility index (Phi) is 6.75. The van der Waals surface area contributed by atoms with Crippen molar-refractivity contribution in [2.24, 2.45) is 0 Å². The molecule has 0 aliphatic carbocycles. The minimum atomic E-state index is -1.17. The van der Waals surface area contributed by atoms with E-state index in [-0.39, 0.29) is 24.2 Å². The molecule has 2 unspecified atom stereocenters. The summed E-state index contributed by atoms with van der Waals surface area (Å²) in [5.74, 6) is -0.715. The number of carbonyl (C=O) groups is 3. The first kappa shape index (κ1) is 25.7. The third-order valence-corrected chi connectivity index (χ3v) is 8.61. The molecule has 12 heteroatoms. The van der Waals surface area contributed by atoms with Gasteiger partial charge in [-0.1, -0.05) is 30.3 Å². The Morgan fingerprint density at radius 1 is 0.973 bits per heavy atom. The molecule has 2 fully saturated rings. The number of benzene rings is 2. The summed E-state index contributed by atoms with van der Waals surface area (Å²) in [5.41, 5.74) is 2.43. The van der Waals surface area contributed by atoms with E-state index in [2.05, 4.69) is 34.5 Å². The van der Waals surface area contributed by atoms with Gasteiger partial charge in [0.1, 0.15) is 43.7 Å². The highest BCUT2D eigenvalue weighted by atomic mass is 16.5. The van der Waals surface area contributed by atoms with Gasteiger partial charge in [0, 0.05) is 30.8 Å². The van der Waals surface area contributed by atoms with Crippen LogP contribution in [0.3, 0.4) is 0 Å². The number of morpholine rings is 1. The number of hydrogen-bond donors (Lipinski definition) is 1. The molecule has 5 rings (SSSR count). The maximum Gasteiger partial charge on any atom is 0.254 e. The molecule has 2 atom stereocenters. The molecule has 3 aliphatic rings. The summed E-state index contributed by atoms with van der Waals surface area (Å²) >= 11 is 0. The lowest BCUT2D eigenvalue weighted by molar-refractivity contribution is -0.139. The van der Waals surface area contributed by atoms with Crippen LogP contribution in [-0.4, -0.2) is 90.6 Å². The summed E-state index contributed by atoms with van der Waals surface area (Å²) in [7, 11) is 7.25. The Bertz CT molecular complexity index is 1240. The van der Waals surface area contributed by atoms with Crippen LogP contribution in [0.25, 0.3) is 0 Å². The van der Waals surface area contributed by atoms with Crippen LogP contribution < -0.4 is 10.1 Å². The number of fused-ring (bicyclic) bond motifs is 1. The van der Waals surface area contributed by atoms with Crippen molar-refractivity contribution in [1.82, 2.24) is 15.1 Å². The van der Waals surface area contributed by atoms with Crippen molar-refractivity contribution in [3.63, 3.8) is 0 Å². The van der Waals surface area contributed by atoms with Crippen molar-refractivity contribution in [2.75, 3.05) is 26.3 Å². The van der Waals surface area contributed by atoms with Gasteiger partial charge in [-0.3, -0.25) is 24.6 Å². The van der Waals surface area contributed by atoms with Crippen LogP contribution in [0, 0.1) is 0 Å². The average molecular weight is 497 g/mol. The molecule has 2 aromatic rings. The number of carbonyl (C=O) groups excluding carboxylic acids is 3. The van der Waals surface area contributed by atoms with Gasteiger partial charge in [0.25, 0.3) is 5.91 Å². The quantitative estimate of drug-likeness (QED) is 0.362. The molecule has 0 radical (unpaired) electrons. The summed E-state index contributed by atoms with van der Waals surface area (Å²) < 4.78 is 11.6. The lowest BCUT2D eigenvalue weighted by Crippen LogP contribution is -2.70. The minimum absolute atomic E-state index is 0.220. The Balaban J connectivity index is 1.30. The number of hydrogen-bond acceptors (Lipinski definition) is 6. The van der Waals surface area contributed by atoms with E-state index >= 15 is 0 Å². The summed E-state index contributed by atoms with van der Waals surface area (Å²) in [6.07, 6.45) is 0. The highest BCUT2D eigenvalue weighted by molar-refractivity contribution is 6.58. The summed E-state index contributed by atoms with van der Waals surface area (Å²) in [4.78, 5) is 43.0. The first-order valence-electron chi connectivity index (χ1n) is 12.9. The second-order valence-corrected chi connectivity index (χ2v) is 11.0. The molecule has 8 nitrogen and oxygen atoms in total. The standard InChI is InChI=1S/C25H31B4N3O5/c26-21-24(27,28)22(34)30-23(35)25(21,29)32-13-18-17(20(32)33)2-1-3-19(18)37-14-16-6-4-15(5-7-16)12-31-8-10-36-11-9-31/h1-7,21H,8-14,26-29H2,(H,30,34,35). The zero-order chi connectivity index (χ0) is 26.4. The van der Waals surface area contributed by atoms with Crippen molar-refractivity contribution in [2.45, 2.75) is 36.2 Å². The molecule has 37 heavy (non-hydrogen) atoms. The maximum atomic E-state index is 13.5. The summed E-state index contributed by atoms with van der Waals surface area (Å²) in [5, 5.41) is 1.69. The Hall–Kier alpha value is -2.97. The normalized spacial score (nSPS) is 25.6. The number of imide groups is 1. The third-order valence-electron chi connectivity index (χ3n) is 8.61. The molecule has 3 amide bonds. The first-order valence-corrected chi connectivity index (χ1v) is 12.9. The van der Waals surface area contributed by atoms with E-state index in [9.17, 15) is 14.4 Å². The van der Waals surface area contributed by atoms with Crippen molar-refractivity contribution in [1.29, 1.82) is 0 Å². The van der Waals surface area contributed by atoms with Gasteiger partial charge in [-0.25, -0.2) is 0 Å². The van der Waals surface area contributed by atoms with Crippen LogP contribution in [0.15, 0.2) is 42.5 Å². The SMILES string of the molecule is BC1C(B)(B)C(=O)NC(=O)C1(B)N1Cc2c(OCc3ccc(CN4CCOCC4)cc3)cccc2C1=O. The van der Waals surface area contributed by atoms with Crippen LogP contribution in [-0.2, 0) is 34.0 Å². The lowest BCUT2D eigenvalue weighted by atomic mass is 9.35. The van der Waals surface area contributed by atoms with Crippen LogP contribution in [0.4, 0.5) is 0 Å². The number of nitrogens with zero attached hydrogens (tertiary/aromatic N) is 2. The van der Waals surface area contributed by atoms with Crippen LogP contribution >= 0.6 is 0 Å². The van der Waals surface area contributed by atoms with Gasteiger partial charge in [-0.05, 0) is 34.3 Å². The molecular weight excluding hydrogens is 466 g/mol. The monoisotopic (exact) mass is 497 g/mol. The van der Waals surface area contributed by atoms with Gasteiger partial charge < -0.3 is 14.4 Å². The number of nitrogens with one attached hydrogen (secondary N) is 1. The Morgan fingerprint density at radius 3 is 2.35 bits per heavy atom. The average Bonchev–Trinajstić information content (AvgIpc) is 3.24. The molecule has 3 heterocycles. The zero-order valence-corrected chi connectivity index (χ0v) is 22.0. The molecule has 2 saturated heterocycles. The zero-order valence-electron chi connectivity index (χ0n) is 22.0. The molecule has 1 N–H and O–H groups in total. The van der Waals surface area contributed by atoms with E-state index in [0.29, 0.717) is 17.9 Å². The largest absolute Gasteiger partial charge is 0.489 e. The number of ether oxygens (including phenoxy) is 2. The summed E-state index contributed by atoms with van der Waals surface area (Å²) in [6.45, 7) is 5.00. The third kappa shape index (κ3) is 4.50. The maximum absolute atomic E-state index is 13.5. The fourth-order valence-electron chi connectivity index (χ4n) is 5.58. The Labute approximate surface area is 221 Å². The minimum Gasteiger partial charge on any atom is -0.489 e. The van der Waals surface area contributed by atoms with Gasteiger partial charge in [0.15, 0.2) is 0 Å². The van der Waals surface area contributed by atoms with Gasteiger partial charge >= 0.3 is 0 Å². The van der Waals surface area contributed by atoms with Gasteiger partial charge in [0.2, 0.25) is 11.8 Å². The molecule has 0 spiro atoms. The molecule has 3 aliphatic heterocycles. The molecule has 188 valence electrons. The number of rotatable bonds is 6. The topological polar surface area (TPSA) is 88.2 Å². The highest BCUT2D eigenvalue weighted by Crippen LogP contribution is 2.47. The smallest absolute Gasteiger partial charge is 0.254 e. The van der Waals surface area contributed by atoms with Gasteiger partial charge in [0.05, 0.1) is 25.2 Å². The number of piperidine rings is 1. The molecule has 0 aromatic heterocycles. The van der Waals surface area contributed by atoms with Crippen LogP contribution in [0.5, 0.6) is 5.75 Å². The van der Waals surface area contributed by atoms with E-state index in [1.54, 1.807) is 24.9 Å². The van der Waals surface area contributed by atoms with Crippen LogP contribution in [0.1, 0.15) is 27.0 Å². The van der Waals surface area contributed by atoms with E-state index < -0.39 is 16.6 Å². The van der Waals surface area contributed by atoms with Crippen molar-refractivity contribution >= 4 is 49.1 Å². The Morgan fingerprint density at radius 2 is 1.65 bits per heavy atom. The van der Waals surface area contributed by atoms with Gasteiger partial charge in [-0.2, -0.15) is 0 Å². The second kappa shape index (κ2) is 9.72. The lowest BCUT2D eigenvalue weighted by Gasteiger charge is -2.51.